The Bertz CT molecular complexity index is 1630. The monoisotopic (exact) mass is 751 g/mol. The van der Waals surface area contributed by atoms with E-state index >= 15 is 0 Å². The van der Waals surface area contributed by atoms with E-state index in [1.807, 2.05) is 38.1 Å². The van der Waals surface area contributed by atoms with Gasteiger partial charge in [0.15, 0.2) is 5.78 Å². The van der Waals surface area contributed by atoms with Crippen LogP contribution in [0.1, 0.15) is 139 Å². The van der Waals surface area contributed by atoms with Crippen molar-refractivity contribution in [3.8, 4) is 0 Å². The van der Waals surface area contributed by atoms with Crippen molar-refractivity contribution in [1.29, 1.82) is 0 Å². The lowest BCUT2D eigenvalue weighted by atomic mass is 9.33. The summed E-state index contributed by atoms with van der Waals surface area (Å²) < 4.78 is 6.26. The molecular weight excluding hydrogens is 686 g/mol. The van der Waals surface area contributed by atoms with Crippen molar-refractivity contribution in [2.45, 2.75) is 152 Å². The highest BCUT2D eigenvalue weighted by Crippen LogP contribution is 2.77. The van der Waals surface area contributed by atoms with Gasteiger partial charge in [-0.15, -0.1) is 0 Å². The number of Topliss-reactive ketones (excluding diaryl/α,β-unsaturated/α-hetero) is 1. The van der Waals surface area contributed by atoms with Crippen LogP contribution in [0.25, 0.3) is 0 Å². The van der Waals surface area contributed by atoms with Gasteiger partial charge >= 0.3 is 11.9 Å². The van der Waals surface area contributed by atoms with Gasteiger partial charge in [0, 0.05) is 35.4 Å². The number of fused-ring (bicyclic) bond motifs is 7. The fourth-order valence-corrected chi connectivity index (χ4v) is 13.6. The first-order chi connectivity index (χ1) is 24.6. The molecule has 0 radical (unpaired) electrons. The zero-order chi connectivity index (χ0) is 38.9. The summed E-state index contributed by atoms with van der Waals surface area (Å²) >= 11 is 6.11. The summed E-state index contributed by atoms with van der Waals surface area (Å²) in [6.07, 6.45) is 7.51. The van der Waals surface area contributed by atoms with Gasteiger partial charge in [-0.2, -0.15) is 0 Å². The van der Waals surface area contributed by atoms with Gasteiger partial charge in [0.25, 0.3) is 0 Å². The van der Waals surface area contributed by atoms with Crippen molar-refractivity contribution in [3.63, 3.8) is 0 Å². The largest absolute Gasteiger partial charge is 0.481 e. The SMILES string of the molecule is CC(C)C1=C2[C@H]3CC[C@@H]4[C@@]5(C)CC[C@H](OC(=O)CC(C)(C)CC(=O)O)C(C)(C)[C@@H]5CC[C@@]4(C)[C@]3(C)CC[C@@]2([C@H](O)CNCc2ccc(Cl)cc2)CC1=O. The predicted molar refractivity (Wildman–Crippen MR) is 209 cm³/mol. The van der Waals surface area contributed by atoms with Crippen LogP contribution >= 0.6 is 11.6 Å². The van der Waals surface area contributed by atoms with Crippen LogP contribution in [0.2, 0.25) is 5.02 Å². The average Bonchev–Trinajstić information content (AvgIpc) is 3.36. The molecule has 0 saturated heterocycles. The molecule has 3 N–H and O–H groups in total. The number of hydrogen-bond donors (Lipinski definition) is 3. The number of benzene rings is 1. The lowest BCUT2D eigenvalue weighted by Gasteiger charge is -2.72. The molecule has 0 unspecified atom stereocenters. The van der Waals surface area contributed by atoms with Gasteiger partial charge in [-0.25, -0.2) is 0 Å². The Morgan fingerprint density at radius 1 is 0.925 bits per heavy atom. The van der Waals surface area contributed by atoms with Crippen LogP contribution in [-0.2, 0) is 25.7 Å². The third kappa shape index (κ3) is 6.75. The quantitative estimate of drug-likeness (QED) is 0.193. The van der Waals surface area contributed by atoms with E-state index in [1.54, 1.807) is 0 Å². The number of ether oxygens (including phenoxy) is 1. The van der Waals surface area contributed by atoms with Crippen molar-refractivity contribution in [2.75, 3.05) is 6.54 Å². The van der Waals surface area contributed by atoms with Crippen LogP contribution in [0.4, 0.5) is 0 Å². The highest BCUT2D eigenvalue weighted by atomic mass is 35.5. The number of carbonyl (C=O) groups is 3. The fourth-order valence-electron chi connectivity index (χ4n) is 13.5. The standard InChI is InChI=1S/C45H66ClNO6/c1-27(2)38-31(48)22-45(34(49)26-47-25-28-10-12-29(46)13-11-28)21-20-43(8)30(39(38)45)14-15-33-42(7)18-17-35(41(5,6)32(42)16-19-44(33,43)9)53-37(52)24-40(3,4)23-36(50)51/h10-13,27,30,32-35,47,49H,14-26H2,1-9H3,(H,50,51)/t30-,32+,33-,34-,35+,42+,43-,44-,45+/m1/s1. The summed E-state index contributed by atoms with van der Waals surface area (Å²) in [7, 11) is 0. The van der Waals surface area contributed by atoms with Gasteiger partial charge in [-0.3, -0.25) is 14.4 Å². The van der Waals surface area contributed by atoms with E-state index in [-0.39, 0.29) is 64.2 Å². The van der Waals surface area contributed by atoms with E-state index in [1.165, 1.54) is 5.57 Å². The Morgan fingerprint density at radius 3 is 2.25 bits per heavy atom. The number of carboxylic acid groups (broad SMARTS) is 1. The molecule has 4 fully saturated rings. The zero-order valence-electron chi connectivity index (χ0n) is 33.9. The molecule has 294 valence electrons. The Labute approximate surface area is 323 Å². The van der Waals surface area contributed by atoms with Crippen molar-refractivity contribution in [3.05, 3.63) is 46.0 Å². The predicted octanol–water partition coefficient (Wildman–Crippen LogP) is 9.57. The molecule has 0 aromatic heterocycles. The number of halogens is 1. The first-order valence-corrected chi connectivity index (χ1v) is 20.8. The molecule has 53 heavy (non-hydrogen) atoms. The van der Waals surface area contributed by atoms with Crippen LogP contribution < -0.4 is 5.32 Å². The number of rotatable bonds is 11. The molecule has 1 aromatic rings. The van der Waals surface area contributed by atoms with E-state index < -0.39 is 22.9 Å². The Kier molecular flexibility index (Phi) is 10.7. The van der Waals surface area contributed by atoms with Crippen LogP contribution in [0.5, 0.6) is 0 Å². The summed E-state index contributed by atoms with van der Waals surface area (Å²) in [5.41, 5.74) is 2.14. The maximum atomic E-state index is 14.0. The highest BCUT2D eigenvalue weighted by molar-refractivity contribution is 6.30. The van der Waals surface area contributed by atoms with Crippen molar-refractivity contribution in [1.82, 2.24) is 5.32 Å². The third-order valence-electron chi connectivity index (χ3n) is 16.2. The van der Waals surface area contributed by atoms with Crippen molar-refractivity contribution in [2.24, 2.45) is 56.2 Å². The molecule has 7 nitrogen and oxygen atoms in total. The number of ketones is 1. The van der Waals surface area contributed by atoms with E-state index in [0.29, 0.717) is 36.4 Å². The molecule has 6 rings (SSSR count). The average molecular weight is 752 g/mol. The number of esters is 1. The molecule has 1 aromatic carbocycles. The molecule has 0 bridgehead atoms. The minimum atomic E-state index is -0.899. The lowest BCUT2D eigenvalue weighted by molar-refractivity contribution is -0.235. The number of aliphatic hydroxyl groups excluding tert-OH is 1. The summed E-state index contributed by atoms with van der Waals surface area (Å²) in [6, 6.07) is 7.80. The van der Waals surface area contributed by atoms with Crippen LogP contribution in [0.3, 0.4) is 0 Å². The fraction of sp³-hybridized carbons (Fsp3) is 0.756. The van der Waals surface area contributed by atoms with Crippen LogP contribution in [-0.4, -0.2) is 46.7 Å². The van der Waals surface area contributed by atoms with E-state index in [4.69, 9.17) is 16.3 Å². The van der Waals surface area contributed by atoms with Crippen LogP contribution in [0.15, 0.2) is 35.4 Å². The molecule has 0 aliphatic heterocycles. The number of carboxylic acids is 1. The van der Waals surface area contributed by atoms with Gasteiger partial charge in [0.05, 0.1) is 18.9 Å². The second kappa shape index (κ2) is 14.1. The molecule has 9 atom stereocenters. The maximum absolute atomic E-state index is 14.0. The van der Waals surface area contributed by atoms with Gasteiger partial charge in [0.2, 0.25) is 0 Å². The van der Waals surface area contributed by atoms with Crippen molar-refractivity contribution >= 4 is 29.3 Å². The van der Waals surface area contributed by atoms with Crippen LogP contribution in [0, 0.1) is 56.2 Å². The topological polar surface area (TPSA) is 113 Å². The summed E-state index contributed by atoms with van der Waals surface area (Å²) in [6.45, 7) is 21.3. The molecular formula is C45H66ClNO6. The first kappa shape index (κ1) is 40.4. The molecule has 8 heteroatoms. The molecule has 0 amide bonds. The molecule has 5 aliphatic rings. The second-order valence-corrected chi connectivity index (χ2v) is 20.8. The Morgan fingerprint density at radius 2 is 1.60 bits per heavy atom. The van der Waals surface area contributed by atoms with E-state index in [0.717, 1.165) is 62.5 Å². The normalized spacial score (nSPS) is 37.0. The highest BCUT2D eigenvalue weighted by Gasteiger charge is 2.70. The molecule has 0 heterocycles. The third-order valence-corrected chi connectivity index (χ3v) is 16.4. The summed E-state index contributed by atoms with van der Waals surface area (Å²) in [4.78, 5) is 38.7. The van der Waals surface area contributed by atoms with Crippen molar-refractivity contribution < 1.29 is 29.3 Å². The number of nitrogens with one attached hydrogen (secondary N) is 1. The Hall–Kier alpha value is -2.22. The van der Waals surface area contributed by atoms with E-state index in [9.17, 15) is 24.6 Å². The van der Waals surface area contributed by atoms with Gasteiger partial charge in [-0.1, -0.05) is 91.6 Å². The number of allylic oxidation sites excluding steroid dienone is 1. The second-order valence-electron chi connectivity index (χ2n) is 20.4. The van der Waals surface area contributed by atoms with E-state index in [2.05, 4.69) is 53.8 Å². The number of aliphatic hydroxyl groups is 1. The number of hydrogen-bond acceptors (Lipinski definition) is 6. The number of carbonyl (C=O) groups excluding carboxylic acids is 2. The summed E-state index contributed by atoms with van der Waals surface area (Å²) in [5, 5.41) is 25.7. The maximum Gasteiger partial charge on any atom is 0.306 e. The molecule has 4 saturated carbocycles. The van der Waals surface area contributed by atoms with Gasteiger partial charge in [-0.05, 0) is 120 Å². The van der Waals surface area contributed by atoms with Gasteiger partial charge in [0.1, 0.15) is 6.10 Å². The minimum absolute atomic E-state index is 0.00682. The molecule has 0 spiro atoms. The summed E-state index contributed by atoms with van der Waals surface area (Å²) in [5.74, 6) is 0.305. The number of aliphatic carboxylic acids is 1. The van der Waals surface area contributed by atoms with Gasteiger partial charge < -0.3 is 20.3 Å². The lowest BCUT2D eigenvalue weighted by Crippen LogP contribution is -2.66. The first-order valence-electron chi connectivity index (χ1n) is 20.4. The molecule has 5 aliphatic carbocycles. The minimum Gasteiger partial charge on any atom is -0.481 e. The zero-order valence-corrected chi connectivity index (χ0v) is 34.6. The Balaban J connectivity index is 1.24. The smallest absolute Gasteiger partial charge is 0.306 e.